The molecule has 0 fully saturated rings. The van der Waals surface area contributed by atoms with E-state index in [-0.39, 0.29) is 16.8 Å². The molecule has 1 aromatic heterocycles. The van der Waals surface area contributed by atoms with E-state index < -0.39 is 42.4 Å². The molecule has 9 nitrogen and oxygen atoms in total. The third-order valence-electron chi connectivity index (χ3n) is 3.89. The van der Waals surface area contributed by atoms with Crippen LogP contribution in [0.25, 0.3) is 11.0 Å². The zero-order valence-corrected chi connectivity index (χ0v) is 13.8. The van der Waals surface area contributed by atoms with Crippen LogP contribution in [0.15, 0.2) is 33.5 Å². The van der Waals surface area contributed by atoms with Crippen molar-refractivity contribution in [3.05, 3.63) is 40.2 Å². The van der Waals surface area contributed by atoms with Gasteiger partial charge in [-0.3, -0.25) is 4.79 Å². The van der Waals surface area contributed by atoms with E-state index in [0.29, 0.717) is 11.7 Å². The number of hydrogen-bond acceptors (Lipinski definition) is 9. The highest BCUT2D eigenvalue weighted by Crippen LogP contribution is 2.20. The molecule has 2 aromatic rings. The predicted octanol–water partition coefficient (Wildman–Crippen LogP) is -0.950. The van der Waals surface area contributed by atoms with E-state index in [1.165, 1.54) is 25.1 Å². The van der Waals surface area contributed by atoms with Crippen LogP contribution in [0.2, 0.25) is 0 Å². The van der Waals surface area contributed by atoms with Crippen LogP contribution in [0.4, 0.5) is 5.69 Å². The first-order valence-corrected chi connectivity index (χ1v) is 7.74. The summed E-state index contributed by atoms with van der Waals surface area (Å²) in [6.07, 6.45) is -4.73. The van der Waals surface area contributed by atoms with Crippen molar-refractivity contribution < 1.29 is 34.4 Å². The summed E-state index contributed by atoms with van der Waals surface area (Å²) in [5.41, 5.74) is -0.436. The number of aliphatic hydroxyl groups is 4. The minimum Gasteiger partial charge on any atom is -0.422 e. The van der Waals surface area contributed by atoms with Gasteiger partial charge in [-0.25, -0.2) is 4.79 Å². The van der Waals surface area contributed by atoms with Crippen molar-refractivity contribution in [2.45, 2.75) is 31.3 Å². The van der Waals surface area contributed by atoms with Gasteiger partial charge in [-0.2, -0.15) is 0 Å². The maximum Gasteiger partial charge on any atom is 0.347 e. The number of aliphatic hydroxyl groups excluding tert-OH is 4. The van der Waals surface area contributed by atoms with Crippen LogP contribution in [-0.4, -0.2) is 63.5 Å². The SMILES string of the molecule is CC(=O)c1cc2ccc(N[C@H](C=O)[C@H](O)[C@@H](O)[C@@H](O)CO)cc2oc1=O. The first-order chi connectivity index (χ1) is 12.3. The van der Waals surface area contributed by atoms with E-state index in [1.807, 2.05) is 0 Å². The molecule has 140 valence electrons. The average molecular weight is 365 g/mol. The number of aldehydes is 1. The molecule has 0 saturated carbocycles. The number of benzene rings is 1. The highest BCUT2D eigenvalue weighted by molar-refractivity contribution is 5.96. The van der Waals surface area contributed by atoms with Crippen molar-refractivity contribution in [1.29, 1.82) is 0 Å². The van der Waals surface area contributed by atoms with Gasteiger partial charge in [-0.1, -0.05) is 0 Å². The van der Waals surface area contributed by atoms with Gasteiger partial charge in [0.1, 0.15) is 41.8 Å². The molecule has 0 unspecified atom stereocenters. The zero-order chi connectivity index (χ0) is 19.4. The highest BCUT2D eigenvalue weighted by atomic mass is 16.4. The van der Waals surface area contributed by atoms with Gasteiger partial charge in [0.2, 0.25) is 0 Å². The van der Waals surface area contributed by atoms with Crippen LogP contribution in [-0.2, 0) is 4.79 Å². The Morgan fingerprint density at radius 3 is 2.50 bits per heavy atom. The van der Waals surface area contributed by atoms with Crippen LogP contribution >= 0.6 is 0 Å². The quantitative estimate of drug-likeness (QED) is 0.226. The van der Waals surface area contributed by atoms with E-state index in [0.717, 1.165) is 0 Å². The van der Waals surface area contributed by atoms with Gasteiger partial charge in [-0.05, 0) is 25.1 Å². The summed E-state index contributed by atoms with van der Waals surface area (Å²) in [4.78, 5) is 34.4. The van der Waals surface area contributed by atoms with E-state index in [2.05, 4.69) is 5.32 Å². The Labute approximate surface area is 147 Å². The van der Waals surface area contributed by atoms with Gasteiger partial charge >= 0.3 is 5.63 Å². The van der Waals surface area contributed by atoms with E-state index in [9.17, 15) is 29.7 Å². The van der Waals surface area contributed by atoms with Crippen molar-refractivity contribution in [2.24, 2.45) is 0 Å². The normalized spacial score (nSPS) is 15.9. The van der Waals surface area contributed by atoms with Crippen LogP contribution in [0.5, 0.6) is 0 Å². The van der Waals surface area contributed by atoms with Gasteiger partial charge in [0.15, 0.2) is 5.78 Å². The molecular weight excluding hydrogens is 346 g/mol. The third kappa shape index (κ3) is 4.14. The standard InChI is InChI=1S/C17H19NO8/c1-8(21)11-4-9-2-3-10(5-14(9)26-17(11)25)18-12(6-19)15(23)16(24)13(22)7-20/h2-6,12-13,15-16,18,20,22-24H,7H2,1H3/t12-,13+,15+,16+/m1/s1. The van der Waals surface area contributed by atoms with Crippen LogP contribution < -0.4 is 10.9 Å². The number of fused-ring (bicyclic) bond motifs is 1. The highest BCUT2D eigenvalue weighted by Gasteiger charge is 2.31. The molecule has 0 radical (unpaired) electrons. The topological polar surface area (TPSA) is 157 Å². The minimum atomic E-state index is -1.75. The Morgan fingerprint density at radius 2 is 1.92 bits per heavy atom. The zero-order valence-electron chi connectivity index (χ0n) is 13.8. The summed E-state index contributed by atoms with van der Waals surface area (Å²) in [5.74, 6) is -0.427. The van der Waals surface area contributed by atoms with Gasteiger partial charge < -0.3 is 35.0 Å². The molecular formula is C17H19NO8. The number of anilines is 1. The first-order valence-electron chi connectivity index (χ1n) is 7.74. The number of ketones is 1. The number of hydrogen-bond donors (Lipinski definition) is 5. The summed E-state index contributed by atoms with van der Waals surface area (Å²) in [7, 11) is 0. The Balaban J connectivity index is 2.29. The largest absolute Gasteiger partial charge is 0.422 e. The van der Waals surface area contributed by atoms with Crippen LogP contribution in [0.3, 0.4) is 0 Å². The fourth-order valence-electron chi connectivity index (χ4n) is 2.39. The molecule has 0 aliphatic carbocycles. The monoisotopic (exact) mass is 365 g/mol. The molecule has 0 aliphatic rings. The smallest absolute Gasteiger partial charge is 0.347 e. The first kappa shape index (κ1) is 19.7. The number of rotatable bonds is 8. The number of nitrogens with one attached hydrogen (secondary N) is 1. The summed E-state index contributed by atoms with van der Waals surface area (Å²) < 4.78 is 5.08. The molecule has 1 aromatic carbocycles. The Bertz CT molecular complexity index is 861. The maximum atomic E-state index is 11.8. The van der Waals surface area contributed by atoms with Crippen molar-refractivity contribution in [2.75, 3.05) is 11.9 Å². The van der Waals surface area contributed by atoms with Crippen molar-refractivity contribution in [3.63, 3.8) is 0 Å². The number of carbonyl (C=O) groups excluding carboxylic acids is 2. The lowest BCUT2D eigenvalue weighted by molar-refractivity contribution is -0.117. The number of Topliss-reactive ketones (excluding diaryl/α,β-unsaturated/α-hetero) is 1. The molecule has 5 N–H and O–H groups in total. The van der Waals surface area contributed by atoms with E-state index in [4.69, 9.17) is 9.52 Å². The molecule has 0 aliphatic heterocycles. The van der Waals surface area contributed by atoms with E-state index >= 15 is 0 Å². The molecule has 0 saturated heterocycles. The van der Waals surface area contributed by atoms with Gasteiger partial charge in [0, 0.05) is 17.1 Å². The molecule has 1 heterocycles. The minimum absolute atomic E-state index is 0.0829. The lowest BCUT2D eigenvalue weighted by atomic mass is 10.0. The lowest BCUT2D eigenvalue weighted by Gasteiger charge is -2.26. The summed E-state index contributed by atoms with van der Waals surface area (Å²) >= 11 is 0. The molecule has 4 atom stereocenters. The molecule has 2 rings (SSSR count). The fraction of sp³-hybridized carbons (Fsp3) is 0.353. The molecule has 0 spiro atoms. The van der Waals surface area contributed by atoms with Gasteiger partial charge in [0.05, 0.1) is 6.61 Å². The summed E-state index contributed by atoms with van der Waals surface area (Å²) in [6.45, 7) is 0.458. The molecule has 0 bridgehead atoms. The second-order valence-electron chi connectivity index (χ2n) is 5.79. The fourth-order valence-corrected chi connectivity index (χ4v) is 2.39. The Morgan fingerprint density at radius 1 is 1.23 bits per heavy atom. The Kier molecular flexibility index (Phi) is 6.22. The van der Waals surface area contributed by atoms with Gasteiger partial charge in [-0.15, -0.1) is 0 Å². The predicted molar refractivity (Wildman–Crippen MR) is 91.1 cm³/mol. The number of carbonyl (C=O) groups is 2. The second kappa shape index (κ2) is 8.19. The van der Waals surface area contributed by atoms with Crippen molar-refractivity contribution >= 4 is 28.7 Å². The van der Waals surface area contributed by atoms with E-state index in [1.54, 1.807) is 6.07 Å². The average Bonchev–Trinajstić information content (AvgIpc) is 2.63. The second-order valence-corrected chi connectivity index (χ2v) is 5.79. The van der Waals surface area contributed by atoms with Crippen molar-refractivity contribution in [1.82, 2.24) is 0 Å². The summed E-state index contributed by atoms with van der Waals surface area (Å²) in [5, 5.41) is 41.0. The molecule has 0 amide bonds. The van der Waals surface area contributed by atoms with Crippen molar-refractivity contribution in [3.8, 4) is 0 Å². The Hall–Kier alpha value is -2.59. The lowest BCUT2D eigenvalue weighted by Crippen LogP contribution is -2.49. The van der Waals surface area contributed by atoms with Gasteiger partial charge in [0.25, 0.3) is 0 Å². The third-order valence-corrected chi connectivity index (χ3v) is 3.89. The maximum absolute atomic E-state index is 11.8. The summed E-state index contributed by atoms with van der Waals surface area (Å²) in [6, 6.07) is 4.54. The molecule has 9 heteroatoms. The van der Waals surface area contributed by atoms with Crippen LogP contribution in [0, 0.1) is 0 Å². The molecule has 26 heavy (non-hydrogen) atoms. The van der Waals surface area contributed by atoms with Crippen LogP contribution in [0.1, 0.15) is 17.3 Å².